The number of thioether (sulfide) groups is 1. The minimum Gasteiger partial charge on any atom is -0.325 e. The van der Waals surface area contributed by atoms with Crippen molar-refractivity contribution in [1.29, 1.82) is 0 Å². The summed E-state index contributed by atoms with van der Waals surface area (Å²) >= 11 is 6.64. The number of benzene rings is 3. The first kappa shape index (κ1) is 23.0. The number of carbonyl (C=O) groups excluding carboxylic acids is 3. The van der Waals surface area contributed by atoms with Crippen molar-refractivity contribution in [3.63, 3.8) is 0 Å². The summed E-state index contributed by atoms with van der Waals surface area (Å²) in [6, 6.07) is 26.1. The molecule has 0 aliphatic carbocycles. The van der Waals surface area contributed by atoms with Gasteiger partial charge in [-0.1, -0.05) is 90.7 Å². The molecule has 6 nitrogen and oxygen atoms in total. The molecule has 0 spiro atoms. The summed E-state index contributed by atoms with van der Waals surface area (Å²) in [4.78, 5) is 42.9. The number of amides is 3. The second-order valence-electron chi connectivity index (χ2n) is 8.09. The lowest BCUT2D eigenvalue weighted by Gasteiger charge is -2.16. The van der Waals surface area contributed by atoms with Crippen LogP contribution in [0, 0.1) is 0 Å². The molecule has 5 rings (SSSR count). The maximum Gasteiger partial charge on any atom is 0.267 e. The summed E-state index contributed by atoms with van der Waals surface area (Å²) in [5, 5.41) is 2.81. The topological polar surface area (TPSA) is 69.7 Å². The van der Waals surface area contributed by atoms with Gasteiger partial charge in [0.1, 0.15) is 10.9 Å². The first-order chi connectivity index (χ1) is 17.0. The largest absolute Gasteiger partial charge is 0.325 e. The molecule has 0 radical (unpaired) electrons. The molecule has 2 aliphatic heterocycles. The van der Waals surface area contributed by atoms with Crippen molar-refractivity contribution in [2.24, 2.45) is 0 Å². The van der Waals surface area contributed by atoms with Crippen LogP contribution >= 0.6 is 24.0 Å². The van der Waals surface area contributed by atoms with Gasteiger partial charge in [-0.25, -0.2) is 0 Å². The van der Waals surface area contributed by atoms with E-state index >= 15 is 0 Å². The first-order valence-corrected chi connectivity index (χ1v) is 12.3. The molecule has 35 heavy (non-hydrogen) atoms. The smallest absolute Gasteiger partial charge is 0.267 e. The molecule has 0 unspecified atom stereocenters. The van der Waals surface area contributed by atoms with Crippen molar-refractivity contribution < 1.29 is 14.4 Å². The molecular weight excluding hydrogens is 478 g/mol. The second-order valence-corrected chi connectivity index (χ2v) is 9.73. The Morgan fingerprint density at radius 3 is 2.23 bits per heavy atom. The summed E-state index contributed by atoms with van der Waals surface area (Å²) in [7, 11) is 0. The molecule has 174 valence electrons. The van der Waals surface area contributed by atoms with E-state index in [0.29, 0.717) is 44.7 Å². The number of anilines is 2. The predicted molar refractivity (Wildman–Crippen MR) is 143 cm³/mol. The molecule has 0 saturated carbocycles. The molecule has 3 amide bonds. The molecule has 8 heteroatoms. The molecular formula is C27H21N3O3S2. The Morgan fingerprint density at radius 1 is 0.829 bits per heavy atom. The average molecular weight is 500 g/mol. The number of rotatable bonds is 6. The van der Waals surface area contributed by atoms with E-state index in [2.05, 4.69) is 5.32 Å². The number of carbonyl (C=O) groups is 3. The van der Waals surface area contributed by atoms with Crippen LogP contribution in [0.25, 0.3) is 5.57 Å². The van der Waals surface area contributed by atoms with Gasteiger partial charge < -0.3 is 5.32 Å². The van der Waals surface area contributed by atoms with Crippen molar-refractivity contribution in [2.45, 2.75) is 6.42 Å². The summed E-state index contributed by atoms with van der Waals surface area (Å²) in [6.07, 6.45) is 0.659. The summed E-state index contributed by atoms with van der Waals surface area (Å²) in [6.45, 7) is 0.271. The van der Waals surface area contributed by atoms with Crippen LogP contribution < -0.4 is 10.2 Å². The van der Waals surface area contributed by atoms with E-state index in [4.69, 9.17) is 12.2 Å². The maximum absolute atomic E-state index is 13.5. The fraction of sp³-hybridized carbons (Fsp3) is 0.111. The number of fused-ring (bicyclic) bond motifs is 1. The van der Waals surface area contributed by atoms with E-state index in [1.54, 1.807) is 29.2 Å². The zero-order chi connectivity index (χ0) is 24.4. The van der Waals surface area contributed by atoms with Crippen LogP contribution in [0.5, 0.6) is 0 Å². The SMILES string of the molecule is O=C(CN1C(=O)/C(=C2\SC(=S)N(CCc3ccccc3)C2=O)c2ccccc21)Nc1ccccc1. The maximum atomic E-state index is 13.5. The van der Waals surface area contributed by atoms with Crippen LogP contribution in [-0.4, -0.2) is 40.0 Å². The number of thiocarbonyl (C=S) groups is 1. The Hall–Kier alpha value is -3.75. The van der Waals surface area contributed by atoms with Gasteiger partial charge in [-0.3, -0.25) is 24.2 Å². The quantitative estimate of drug-likeness (QED) is 0.400. The van der Waals surface area contributed by atoms with Crippen LogP contribution in [0.2, 0.25) is 0 Å². The lowest BCUT2D eigenvalue weighted by Crippen LogP contribution is -2.35. The van der Waals surface area contributed by atoms with Crippen LogP contribution in [-0.2, 0) is 20.8 Å². The molecule has 3 aromatic carbocycles. The number of hydrogen-bond donors (Lipinski definition) is 1. The van der Waals surface area contributed by atoms with Crippen molar-refractivity contribution >= 4 is 63.0 Å². The highest BCUT2D eigenvalue weighted by atomic mass is 32.2. The number of nitrogens with zero attached hydrogens (tertiary/aromatic N) is 2. The monoisotopic (exact) mass is 499 g/mol. The summed E-state index contributed by atoms with van der Waals surface area (Å²) < 4.78 is 0.430. The van der Waals surface area contributed by atoms with Gasteiger partial charge in [-0.05, 0) is 30.2 Å². The normalized spacial score (nSPS) is 17.2. The van der Waals surface area contributed by atoms with Crippen molar-refractivity contribution in [2.75, 3.05) is 23.3 Å². The number of hydrogen-bond acceptors (Lipinski definition) is 5. The fourth-order valence-corrected chi connectivity index (χ4v) is 5.53. The molecule has 1 saturated heterocycles. The fourth-order valence-electron chi connectivity index (χ4n) is 4.15. The van der Waals surface area contributed by atoms with Gasteiger partial charge in [0.15, 0.2) is 0 Å². The number of nitrogens with one attached hydrogen (secondary N) is 1. The Balaban J connectivity index is 1.40. The van der Waals surface area contributed by atoms with Gasteiger partial charge in [-0.2, -0.15) is 0 Å². The van der Waals surface area contributed by atoms with E-state index in [0.717, 1.165) is 17.3 Å². The Labute approximate surface area is 212 Å². The van der Waals surface area contributed by atoms with E-state index in [-0.39, 0.29) is 24.3 Å². The third kappa shape index (κ3) is 4.62. The molecule has 1 fully saturated rings. The van der Waals surface area contributed by atoms with E-state index in [1.807, 2.05) is 60.7 Å². The van der Waals surface area contributed by atoms with E-state index < -0.39 is 0 Å². The van der Waals surface area contributed by atoms with E-state index in [1.165, 1.54) is 4.90 Å². The van der Waals surface area contributed by atoms with Crippen LogP contribution in [0.15, 0.2) is 89.8 Å². The summed E-state index contributed by atoms with van der Waals surface area (Å²) in [5.41, 5.74) is 3.29. The van der Waals surface area contributed by atoms with Crippen molar-refractivity contribution in [3.05, 3.63) is 101 Å². The van der Waals surface area contributed by atoms with Crippen molar-refractivity contribution in [3.8, 4) is 0 Å². The lowest BCUT2D eigenvalue weighted by molar-refractivity contribution is -0.122. The van der Waals surface area contributed by atoms with Gasteiger partial charge in [-0.15, -0.1) is 0 Å². The highest BCUT2D eigenvalue weighted by molar-refractivity contribution is 8.26. The van der Waals surface area contributed by atoms with Crippen molar-refractivity contribution in [1.82, 2.24) is 4.90 Å². The van der Waals surface area contributed by atoms with Gasteiger partial charge in [0.05, 0.1) is 16.2 Å². The minimum atomic E-state index is -0.377. The Bertz CT molecular complexity index is 1360. The predicted octanol–water partition coefficient (Wildman–Crippen LogP) is 4.49. The summed E-state index contributed by atoms with van der Waals surface area (Å²) in [5.74, 6) is -0.973. The zero-order valence-corrected chi connectivity index (χ0v) is 20.3. The lowest BCUT2D eigenvalue weighted by atomic mass is 10.1. The highest BCUT2D eigenvalue weighted by Gasteiger charge is 2.42. The zero-order valence-electron chi connectivity index (χ0n) is 18.6. The van der Waals surface area contributed by atoms with Gasteiger partial charge in [0.25, 0.3) is 11.8 Å². The van der Waals surface area contributed by atoms with Gasteiger partial charge in [0, 0.05) is 17.8 Å². The third-order valence-electron chi connectivity index (χ3n) is 5.83. The minimum absolute atomic E-state index is 0.164. The Morgan fingerprint density at radius 2 is 1.49 bits per heavy atom. The average Bonchev–Trinajstić information content (AvgIpc) is 3.30. The second kappa shape index (κ2) is 9.85. The van der Waals surface area contributed by atoms with Crippen LogP contribution in [0.4, 0.5) is 11.4 Å². The molecule has 0 atom stereocenters. The van der Waals surface area contributed by atoms with Crippen LogP contribution in [0.3, 0.4) is 0 Å². The molecule has 0 aromatic heterocycles. The highest BCUT2D eigenvalue weighted by Crippen LogP contribution is 2.44. The third-order valence-corrected chi connectivity index (χ3v) is 7.27. The first-order valence-electron chi connectivity index (χ1n) is 11.1. The molecule has 1 N–H and O–H groups in total. The number of para-hydroxylation sites is 2. The molecule has 2 heterocycles. The van der Waals surface area contributed by atoms with Crippen LogP contribution in [0.1, 0.15) is 11.1 Å². The Kier molecular flexibility index (Phi) is 6.48. The molecule has 2 aliphatic rings. The standard InChI is InChI=1S/C27H21N3O3S2/c31-22(28-19-11-5-2-6-12-19)17-30-21-14-8-7-13-20(21)23(25(30)32)24-26(33)29(27(34)35-24)16-15-18-9-3-1-4-10-18/h1-14H,15-17H2,(H,28,31)/b24-23-. The molecule has 0 bridgehead atoms. The van der Waals surface area contributed by atoms with E-state index in [9.17, 15) is 14.4 Å². The molecule has 3 aromatic rings. The van der Waals surface area contributed by atoms with Gasteiger partial charge in [0.2, 0.25) is 5.91 Å². The van der Waals surface area contributed by atoms with Gasteiger partial charge >= 0.3 is 0 Å².